The van der Waals surface area contributed by atoms with Crippen LogP contribution in [0.4, 0.5) is 5.69 Å². The minimum absolute atomic E-state index is 0.0547. The number of methoxy groups -OCH3 is 1. The number of aromatic carboxylic acids is 1. The van der Waals surface area contributed by atoms with E-state index in [0.717, 1.165) is 13.2 Å². The van der Waals surface area contributed by atoms with Gasteiger partial charge < -0.3 is 14.6 Å². The molecule has 2 aromatic carbocycles. The van der Waals surface area contributed by atoms with Crippen LogP contribution < -0.4 is 9.83 Å². The second-order valence-electron chi connectivity index (χ2n) is 4.60. The summed E-state index contributed by atoms with van der Waals surface area (Å²) in [6, 6.07) is 8.55. The minimum Gasteiger partial charge on any atom is -0.545 e. The van der Waals surface area contributed by atoms with E-state index in [-0.39, 0.29) is 26.7 Å². The number of anilines is 1. The Morgan fingerprint density at radius 3 is 2.29 bits per heavy atom. The van der Waals surface area contributed by atoms with Crippen LogP contribution in [-0.2, 0) is 14.8 Å². The lowest BCUT2D eigenvalue weighted by Crippen LogP contribution is -2.22. The number of esters is 1. The molecule has 0 aliphatic carbocycles. The number of carboxylic acids is 1. The number of carbonyl (C=O) groups excluding carboxylic acids is 2. The van der Waals surface area contributed by atoms with E-state index in [9.17, 15) is 23.1 Å². The van der Waals surface area contributed by atoms with Crippen LogP contribution in [0.15, 0.2) is 47.4 Å². The Balaban J connectivity index is 2.33. The van der Waals surface area contributed by atoms with Crippen LogP contribution in [-0.4, -0.2) is 27.5 Å². The van der Waals surface area contributed by atoms with Gasteiger partial charge in [0.05, 0.1) is 28.6 Å². The largest absolute Gasteiger partial charge is 0.545 e. The van der Waals surface area contributed by atoms with Crippen molar-refractivity contribution in [1.29, 1.82) is 0 Å². The summed E-state index contributed by atoms with van der Waals surface area (Å²) < 4.78 is 31.5. The molecule has 0 radical (unpaired) electrons. The number of carbonyl (C=O) groups is 2. The normalized spacial score (nSPS) is 10.9. The van der Waals surface area contributed by atoms with E-state index in [1.54, 1.807) is 0 Å². The van der Waals surface area contributed by atoms with Crippen molar-refractivity contribution < 1.29 is 27.9 Å². The molecular formula is C15H11ClNO6S-. The van der Waals surface area contributed by atoms with Gasteiger partial charge in [-0.05, 0) is 35.9 Å². The summed E-state index contributed by atoms with van der Waals surface area (Å²) in [5.74, 6) is -2.14. The fraction of sp³-hybridized carbons (Fsp3) is 0.0667. The van der Waals surface area contributed by atoms with E-state index in [4.69, 9.17) is 11.6 Å². The summed E-state index contributed by atoms with van der Waals surface area (Å²) in [5.41, 5.74) is -0.0265. The molecule has 0 saturated carbocycles. The van der Waals surface area contributed by atoms with Crippen molar-refractivity contribution in [3.63, 3.8) is 0 Å². The maximum absolute atomic E-state index is 12.4. The van der Waals surface area contributed by atoms with Gasteiger partial charge in [-0.25, -0.2) is 13.2 Å². The quantitative estimate of drug-likeness (QED) is 0.796. The highest BCUT2D eigenvalue weighted by Gasteiger charge is 2.19. The van der Waals surface area contributed by atoms with Gasteiger partial charge in [-0.2, -0.15) is 0 Å². The molecule has 24 heavy (non-hydrogen) atoms. The molecule has 0 bridgehead atoms. The Morgan fingerprint density at radius 2 is 1.75 bits per heavy atom. The van der Waals surface area contributed by atoms with E-state index in [1.165, 1.54) is 36.4 Å². The Labute approximate surface area is 142 Å². The molecule has 0 aromatic heterocycles. The zero-order chi connectivity index (χ0) is 17.9. The maximum Gasteiger partial charge on any atom is 0.339 e. The summed E-state index contributed by atoms with van der Waals surface area (Å²) in [4.78, 5) is 22.1. The van der Waals surface area contributed by atoms with Crippen molar-refractivity contribution in [3.05, 3.63) is 58.6 Å². The number of carboxylic acid groups (broad SMARTS) is 1. The van der Waals surface area contributed by atoms with Gasteiger partial charge in [-0.15, -0.1) is 0 Å². The van der Waals surface area contributed by atoms with Gasteiger partial charge in [0.1, 0.15) is 0 Å². The van der Waals surface area contributed by atoms with Gasteiger partial charge in [0.2, 0.25) is 0 Å². The smallest absolute Gasteiger partial charge is 0.339 e. The number of sulfonamides is 1. The molecule has 7 nitrogen and oxygen atoms in total. The second kappa shape index (κ2) is 6.90. The first-order valence-corrected chi connectivity index (χ1v) is 8.33. The van der Waals surface area contributed by atoms with Crippen molar-refractivity contribution >= 4 is 39.3 Å². The van der Waals surface area contributed by atoms with Gasteiger partial charge in [-0.3, -0.25) is 4.72 Å². The molecule has 0 saturated heterocycles. The lowest BCUT2D eigenvalue weighted by molar-refractivity contribution is -0.255. The Hall–Kier alpha value is -2.58. The lowest BCUT2D eigenvalue weighted by atomic mass is 10.2. The highest BCUT2D eigenvalue weighted by molar-refractivity contribution is 7.92. The average molecular weight is 369 g/mol. The van der Waals surface area contributed by atoms with E-state index in [0.29, 0.717) is 0 Å². The predicted octanol–water partition coefficient (Wildman–Crippen LogP) is 1.29. The van der Waals surface area contributed by atoms with Gasteiger partial charge >= 0.3 is 5.97 Å². The van der Waals surface area contributed by atoms with Crippen LogP contribution >= 0.6 is 11.6 Å². The molecule has 126 valence electrons. The van der Waals surface area contributed by atoms with E-state index >= 15 is 0 Å². The molecular weight excluding hydrogens is 358 g/mol. The van der Waals surface area contributed by atoms with Crippen molar-refractivity contribution in [2.24, 2.45) is 0 Å². The minimum atomic E-state index is -4.01. The first-order chi connectivity index (χ1) is 11.2. The summed E-state index contributed by atoms with van der Waals surface area (Å²) in [6.07, 6.45) is 0. The van der Waals surface area contributed by atoms with Crippen LogP contribution in [0, 0.1) is 0 Å². The molecule has 9 heteroatoms. The molecule has 1 N–H and O–H groups in total. The third-order valence-electron chi connectivity index (χ3n) is 3.03. The Bertz CT molecular complexity index is 893. The molecule has 2 rings (SSSR count). The van der Waals surface area contributed by atoms with E-state index in [2.05, 4.69) is 9.46 Å². The molecule has 0 atom stereocenters. The number of hydrogen-bond acceptors (Lipinski definition) is 6. The summed E-state index contributed by atoms with van der Waals surface area (Å²) in [5, 5.41) is 10.7. The summed E-state index contributed by atoms with van der Waals surface area (Å²) >= 11 is 5.85. The van der Waals surface area contributed by atoms with Crippen LogP contribution in [0.25, 0.3) is 0 Å². The van der Waals surface area contributed by atoms with Gasteiger partial charge in [0, 0.05) is 5.69 Å². The molecule has 0 unspecified atom stereocenters. The van der Waals surface area contributed by atoms with Crippen molar-refractivity contribution in [2.75, 3.05) is 11.8 Å². The maximum atomic E-state index is 12.4. The van der Waals surface area contributed by atoms with Crippen LogP contribution in [0.2, 0.25) is 5.02 Å². The highest BCUT2D eigenvalue weighted by atomic mass is 35.5. The Kier molecular flexibility index (Phi) is 5.10. The lowest BCUT2D eigenvalue weighted by Gasteiger charge is -2.11. The third kappa shape index (κ3) is 3.84. The van der Waals surface area contributed by atoms with E-state index < -0.39 is 22.0 Å². The monoisotopic (exact) mass is 368 g/mol. The third-order valence-corrected chi connectivity index (χ3v) is 4.73. The number of benzene rings is 2. The molecule has 0 amide bonds. The molecule has 2 aromatic rings. The summed E-state index contributed by atoms with van der Waals surface area (Å²) in [6.45, 7) is 0. The van der Waals surface area contributed by atoms with Crippen LogP contribution in [0.3, 0.4) is 0 Å². The first kappa shape index (κ1) is 17.8. The number of halogens is 1. The standard InChI is InChI=1S/C15H12ClNO6S/c1-23-15(20)12-8-11(6-7-13(12)16)24(21,22)17-10-4-2-9(3-5-10)14(18)19/h2-8,17H,1H3,(H,18,19)/p-1. The number of hydrogen-bond donors (Lipinski definition) is 1. The van der Waals surface area contributed by atoms with Crippen LogP contribution in [0.1, 0.15) is 20.7 Å². The number of nitrogens with one attached hydrogen (secondary N) is 1. The van der Waals surface area contributed by atoms with E-state index in [1.807, 2.05) is 0 Å². The van der Waals surface area contributed by atoms with Crippen molar-refractivity contribution in [1.82, 2.24) is 0 Å². The molecule has 0 aliphatic rings. The second-order valence-corrected chi connectivity index (χ2v) is 6.69. The van der Waals surface area contributed by atoms with Crippen LogP contribution in [0.5, 0.6) is 0 Å². The number of rotatable bonds is 5. The summed E-state index contributed by atoms with van der Waals surface area (Å²) in [7, 11) is -2.86. The predicted molar refractivity (Wildman–Crippen MR) is 84.4 cm³/mol. The molecule has 0 aliphatic heterocycles. The Morgan fingerprint density at radius 1 is 1.12 bits per heavy atom. The zero-order valence-electron chi connectivity index (χ0n) is 12.3. The van der Waals surface area contributed by atoms with Crippen molar-refractivity contribution in [3.8, 4) is 0 Å². The average Bonchev–Trinajstić information content (AvgIpc) is 2.54. The fourth-order valence-corrected chi connectivity index (χ4v) is 3.11. The topological polar surface area (TPSA) is 113 Å². The molecule has 0 spiro atoms. The highest BCUT2D eigenvalue weighted by Crippen LogP contribution is 2.23. The fourth-order valence-electron chi connectivity index (χ4n) is 1.83. The van der Waals surface area contributed by atoms with Gasteiger partial charge in [0.15, 0.2) is 0 Å². The van der Waals surface area contributed by atoms with Gasteiger partial charge in [0.25, 0.3) is 10.0 Å². The zero-order valence-corrected chi connectivity index (χ0v) is 13.8. The SMILES string of the molecule is COC(=O)c1cc(S(=O)(=O)Nc2ccc(C(=O)[O-])cc2)ccc1Cl. The van der Waals surface area contributed by atoms with Crippen molar-refractivity contribution in [2.45, 2.75) is 4.90 Å². The number of ether oxygens (including phenoxy) is 1. The first-order valence-electron chi connectivity index (χ1n) is 6.46. The molecule has 0 fully saturated rings. The molecule has 0 heterocycles. The van der Waals surface area contributed by atoms with Gasteiger partial charge in [-0.1, -0.05) is 23.7 Å².